The average Bonchev–Trinajstić information content (AvgIpc) is 2.15. The van der Waals surface area contributed by atoms with E-state index in [4.69, 9.17) is 11.6 Å². The summed E-state index contributed by atoms with van der Waals surface area (Å²) in [5, 5.41) is 9.67. The molecule has 0 saturated carbocycles. The van der Waals surface area contributed by atoms with Gasteiger partial charge in [0.25, 0.3) is 0 Å². The molecule has 72 valence electrons. The zero-order chi connectivity index (χ0) is 9.68. The van der Waals surface area contributed by atoms with E-state index in [1.807, 2.05) is 24.3 Å². The molecule has 1 rings (SSSR count). The van der Waals surface area contributed by atoms with Crippen molar-refractivity contribution in [2.24, 2.45) is 0 Å². The fraction of sp³-hybridized carbons (Fsp3) is 0.400. The van der Waals surface area contributed by atoms with Crippen molar-refractivity contribution < 1.29 is 5.11 Å². The van der Waals surface area contributed by atoms with Gasteiger partial charge in [0.05, 0.1) is 6.10 Å². The van der Waals surface area contributed by atoms with Crippen molar-refractivity contribution in [3.63, 3.8) is 0 Å². The third kappa shape index (κ3) is 3.67. The van der Waals surface area contributed by atoms with Gasteiger partial charge >= 0.3 is 0 Å². The van der Waals surface area contributed by atoms with Crippen LogP contribution < -0.4 is 0 Å². The molecule has 0 aromatic heterocycles. The fourth-order valence-corrected chi connectivity index (χ4v) is 1.54. The Balaban J connectivity index is 2.55. The second kappa shape index (κ2) is 5.63. The van der Waals surface area contributed by atoms with Crippen molar-refractivity contribution >= 4 is 27.5 Å². The first-order chi connectivity index (χ1) is 6.24. The smallest absolute Gasteiger partial charge is 0.0790 e. The molecule has 1 N–H and O–H groups in total. The molecular weight excluding hydrogens is 251 g/mol. The van der Waals surface area contributed by atoms with Crippen LogP contribution >= 0.6 is 27.5 Å². The molecule has 0 aliphatic carbocycles. The summed E-state index contributed by atoms with van der Waals surface area (Å²) in [6.45, 7) is 0. The predicted molar refractivity (Wildman–Crippen MR) is 59.1 cm³/mol. The van der Waals surface area contributed by atoms with E-state index in [1.54, 1.807) is 0 Å². The van der Waals surface area contributed by atoms with Crippen LogP contribution in [0.25, 0.3) is 0 Å². The summed E-state index contributed by atoms with van der Waals surface area (Å²) in [6, 6.07) is 7.70. The molecule has 0 radical (unpaired) electrons. The summed E-state index contributed by atoms with van der Waals surface area (Å²) in [4.78, 5) is 0. The van der Waals surface area contributed by atoms with E-state index in [0.717, 1.165) is 22.9 Å². The quantitative estimate of drug-likeness (QED) is 0.824. The molecule has 1 aromatic rings. The van der Waals surface area contributed by atoms with Gasteiger partial charge in [-0.25, -0.2) is 0 Å². The molecule has 0 aliphatic heterocycles. The Hall–Kier alpha value is -0.0500. The number of aliphatic hydroxyl groups excluding tert-OH is 1. The van der Waals surface area contributed by atoms with Gasteiger partial charge in [0.2, 0.25) is 0 Å². The van der Waals surface area contributed by atoms with Crippen molar-refractivity contribution in [3.8, 4) is 0 Å². The summed E-state index contributed by atoms with van der Waals surface area (Å²) in [5.41, 5.74) is 0.952. The maximum Gasteiger partial charge on any atom is 0.0790 e. The van der Waals surface area contributed by atoms with Crippen LogP contribution in [0.2, 0.25) is 0 Å². The van der Waals surface area contributed by atoms with Gasteiger partial charge < -0.3 is 5.11 Å². The van der Waals surface area contributed by atoms with E-state index in [9.17, 15) is 5.11 Å². The van der Waals surface area contributed by atoms with Gasteiger partial charge in [0, 0.05) is 10.4 Å². The van der Waals surface area contributed by atoms with Gasteiger partial charge in [-0.3, -0.25) is 0 Å². The standard InChI is InChI=1S/C10H12BrClO/c11-9-5-3-8(4-6-9)10(13)2-1-7-12/h3-6,10,13H,1-2,7H2. The normalized spacial score (nSPS) is 12.8. The highest BCUT2D eigenvalue weighted by Crippen LogP contribution is 2.20. The largest absolute Gasteiger partial charge is 0.388 e. The van der Waals surface area contributed by atoms with Crippen LogP contribution in [-0.4, -0.2) is 11.0 Å². The summed E-state index contributed by atoms with van der Waals surface area (Å²) in [7, 11) is 0. The summed E-state index contributed by atoms with van der Waals surface area (Å²) >= 11 is 8.88. The SMILES string of the molecule is OC(CCCCl)c1ccc(Br)cc1. The lowest BCUT2D eigenvalue weighted by Crippen LogP contribution is -1.97. The van der Waals surface area contributed by atoms with E-state index in [-0.39, 0.29) is 6.10 Å². The van der Waals surface area contributed by atoms with Gasteiger partial charge in [-0.2, -0.15) is 0 Å². The first kappa shape index (κ1) is 11.0. The zero-order valence-corrected chi connectivity index (χ0v) is 9.55. The van der Waals surface area contributed by atoms with Gasteiger partial charge in [-0.15, -0.1) is 11.6 Å². The monoisotopic (exact) mass is 262 g/mol. The minimum absolute atomic E-state index is 0.383. The molecule has 0 amide bonds. The van der Waals surface area contributed by atoms with E-state index in [2.05, 4.69) is 15.9 Å². The second-order valence-electron chi connectivity index (χ2n) is 2.90. The number of benzene rings is 1. The van der Waals surface area contributed by atoms with Crippen LogP contribution in [0.3, 0.4) is 0 Å². The highest BCUT2D eigenvalue weighted by molar-refractivity contribution is 9.10. The molecule has 0 heterocycles. The Morgan fingerprint density at radius 3 is 2.46 bits per heavy atom. The van der Waals surface area contributed by atoms with Crippen LogP contribution in [0, 0.1) is 0 Å². The predicted octanol–water partition coefficient (Wildman–Crippen LogP) is 3.50. The molecule has 0 spiro atoms. The van der Waals surface area contributed by atoms with Crippen molar-refractivity contribution in [1.29, 1.82) is 0 Å². The number of rotatable bonds is 4. The molecule has 1 aromatic carbocycles. The maximum atomic E-state index is 9.67. The van der Waals surface area contributed by atoms with Crippen molar-refractivity contribution in [2.45, 2.75) is 18.9 Å². The number of halogens is 2. The van der Waals surface area contributed by atoms with Gasteiger partial charge in [-0.1, -0.05) is 28.1 Å². The maximum absolute atomic E-state index is 9.67. The van der Waals surface area contributed by atoms with Crippen molar-refractivity contribution in [3.05, 3.63) is 34.3 Å². The number of aliphatic hydroxyl groups is 1. The molecule has 1 unspecified atom stereocenters. The molecule has 1 nitrogen and oxygen atoms in total. The first-order valence-electron chi connectivity index (χ1n) is 4.23. The summed E-state index contributed by atoms with van der Waals surface area (Å²) < 4.78 is 1.03. The Bertz CT molecular complexity index is 248. The Morgan fingerprint density at radius 2 is 1.92 bits per heavy atom. The third-order valence-electron chi connectivity index (χ3n) is 1.87. The number of alkyl halides is 1. The van der Waals surface area contributed by atoms with Crippen LogP contribution in [0.5, 0.6) is 0 Å². The van der Waals surface area contributed by atoms with E-state index in [1.165, 1.54) is 0 Å². The lowest BCUT2D eigenvalue weighted by Gasteiger charge is -2.09. The molecule has 0 saturated heterocycles. The van der Waals surface area contributed by atoms with Gasteiger partial charge in [-0.05, 0) is 30.5 Å². The van der Waals surface area contributed by atoms with Crippen LogP contribution in [0.15, 0.2) is 28.7 Å². The minimum Gasteiger partial charge on any atom is -0.388 e. The zero-order valence-electron chi connectivity index (χ0n) is 7.21. The molecule has 3 heteroatoms. The number of hydrogen-bond acceptors (Lipinski definition) is 1. The molecule has 1 atom stereocenters. The molecule has 0 bridgehead atoms. The van der Waals surface area contributed by atoms with Crippen LogP contribution in [-0.2, 0) is 0 Å². The van der Waals surface area contributed by atoms with Crippen LogP contribution in [0.4, 0.5) is 0 Å². The highest BCUT2D eigenvalue weighted by atomic mass is 79.9. The lowest BCUT2D eigenvalue weighted by atomic mass is 10.1. The Kier molecular flexibility index (Phi) is 4.78. The Morgan fingerprint density at radius 1 is 1.31 bits per heavy atom. The summed E-state index contributed by atoms with van der Waals surface area (Å²) in [6.07, 6.45) is 1.19. The minimum atomic E-state index is -0.383. The molecule has 13 heavy (non-hydrogen) atoms. The van der Waals surface area contributed by atoms with Gasteiger partial charge in [0.15, 0.2) is 0 Å². The van der Waals surface area contributed by atoms with E-state index < -0.39 is 0 Å². The average molecular weight is 264 g/mol. The van der Waals surface area contributed by atoms with Crippen LogP contribution in [0.1, 0.15) is 24.5 Å². The molecule has 0 aliphatic rings. The van der Waals surface area contributed by atoms with Gasteiger partial charge in [0.1, 0.15) is 0 Å². The first-order valence-corrected chi connectivity index (χ1v) is 5.56. The van der Waals surface area contributed by atoms with Crippen molar-refractivity contribution in [1.82, 2.24) is 0 Å². The third-order valence-corrected chi connectivity index (χ3v) is 2.66. The lowest BCUT2D eigenvalue weighted by molar-refractivity contribution is 0.167. The topological polar surface area (TPSA) is 20.2 Å². The molecular formula is C10H12BrClO. The van der Waals surface area contributed by atoms with E-state index >= 15 is 0 Å². The number of hydrogen-bond donors (Lipinski definition) is 1. The van der Waals surface area contributed by atoms with Crippen molar-refractivity contribution in [2.75, 3.05) is 5.88 Å². The summed E-state index contributed by atoms with van der Waals surface area (Å²) in [5.74, 6) is 0.605. The fourth-order valence-electron chi connectivity index (χ4n) is 1.12. The molecule has 0 fully saturated rings. The van der Waals surface area contributed by atoms with E-state index in [0.29, 0.717) is 5.88 Å². The Labute approximate surface area is 91.9 Å². The second-order valence-corrected chi connectivity index (χ2v) is 4.19. The highest BCUT2D eigenvalue weighted by Gasteiger charge is 2.05.